The van der Waals surface area contributed by atoms with Gasteiger partial charge in [-0.25, -0.2) is 4.79 Å². The van der Waals surface area contributed by atoms with Gasteiger partial charge in [-0.15, -0.1) is 0 Å². The summed E-state index contributed by atoms with van der Waals surface area (Å²) in [4.78, 5) is 29.2. The van der Waals surface area contributed by atoms with Crippen LogP contribution in [0.4, 0.5) is 4.79 Å². The van der Waals surface area contributed by atoms with Gasteiger partial charge in [0.25, 0.3) is 5.91 Å². The second-order valence-electron chi connectivity index (χ2n) is 8.61. The van der Waals surface area contributed by atoms with Crippen LogP contribution in [0.25, 0.3) is 0 Å². The van der Waals surface area contributed by atoms with Gasteiger partial charge in [-0.3, -0.25) is 9.69 Å². The smallest absolute Gasteiger partial charge is 0.410 e. The number of carbonyl (C=O) groups is 2. The van der Waals surface area contributed by atoms with Crippen molar-refractivity contribution in [3.63, 3.8) is 0 Å². The van der Waals surface area contributed by atoms with E-state index in [4.69, 9.17) is 4.74 Å². The lowest BCUT2D eigenvalue weighted by Gasteiger charge is -2.41. The highest BCUT2D eigenvalue weighted by Crippen LogP contribution is 2.17. The van der Waals surface area contributed by atoms with Gasteiger partial charge >= 0.3 is 6.09 Å². The molecule has 0 bridgehead atoms. The monoisotopic (exact) mass is 409 g/mol. The van der Waals surface area contributed by atoms with E-state index in [0.29, 0.717) is 25.2 Å². The highest BCUT2D eigenvalue weighted by atomic mass is 16.6. The lowest BCUT2D eigenvalue weighted by Crippen LogP contribution is -2.58. The average Bonchev–Trinajstić information content (AvgIpc) is 2.73. The fourth-order valence-electron chi connectivity index (χ4n) is 3.51. The maximum absolute atomic E-state index is 12.6. The first-order valence-electron chi connectivity index (χ1n) is 10.4. The van der Waals surface area contributed by atoms with Crippen molar-refractivity contribution >= 4 is 12.0 Å². The molecule has 6 nitrogen and oxygen atoms in total. The molecule has 0 spiro atoms. The Morgan fingerprint density at radius 1 is 1.00 bits per heavy atom. The van der Waals surface area contributed by atoms with Gasteiger partial charge in [-0.2, -0.15) is 0 Å². The molecule has 1 N–H and O–H groups in total. The van der Waals surface area contributed by atoms with Crippen molar-refractivity contribution in [2.24, 2.45) is 0 Å². The number of nitrogens with one attached hydrogen (secondary N) is 1. The summed E-state index contributed by atoms with van der Waals surface area (Å²) in [6.07, 6.45) is -0.304. The van der Waals surface area contributed by atoms with E-state index in [1.54, 1.807) is 17.0 Å². The molecule has 1 atom stereocenters. The zero-order chi connectivity index (χ0) is 21.6. The Balaban J connectivity index is 1.68. The number of benzene rings is 2. The molecule has 1 heterocycles. The van der Waals surface area contributed by atoms with Crippen molar-refractivity contribution in [2.75, 3.05) is 26.2 Å². The molecular weight excluding hydrogens is 378 g/mol. The van der Waals surface area contributed by atoms with Crippen LogP contribution in [0, 0.1) is 0 Å². The van der Waals surface area contributed by atoms with Gasteiger partial charge in [0.05, 0.1) is 0 Å². The maximum atomic E-state index is 12.6. The Morgan fingerprint density at radius 2 is 1.63 bits per heavy atom. The number of hydrogen-bond donors (Lipinski definition) is 1. The van der Waals surface area contributed by atoms with Crippen molar-refractivity contribution in [3.8, 4) is 0 Å². The quantitative estimate of drug-likeness (QED) is 0.821. The number of ether oxygens (including phenoxy) is 1. The van der Waals surface area contributed by atoms with Crippen LogP contribution in [0.1, 0.15) is 36.7 Å². The highest BCUT2D eigenvalue weighted by Gasteiger charge is 2.32. The lowest BCUT2D eigenvalue weighted by atomic mass is 10.1. The van der Waals surface area contributed by atoms with Crippen LogP contribution in [0.15, 0.2) is 60.7 Å². The summed E-state index contributed by atoms with van der Waals surface area (Å²) in [7, 11) is 0. The van der Waals surface area contributed by atoms with Gasteiger partial charge < -0.3 is 15.0 Å². The van der Waals surface area contributed by atoms with E-state index in [1.165, 1.54) is 5.56 Å². The lowest BCUT2D eigenvalue weighted by molar-refractivity contribution is 0.00271. The van der Waals surface area contributed by atoms with Crippen molar-refractivity contribution in [3.05, 3.63) is 71.8 Å². The van der Waals surface area contributed by atoms with Gasteiger partial charge in [0, 0.05) is 44.3 Å². The summed E-state index contributed by atoms with van der Waals surface area (Å²) >= 11 is 0. The van der Waals surface area contributed by atoms with Crippen LogP contribution in [-0.4, -0.2) is 59.6 Å². The van der Waals surface area contributed by atoms with E-state index in [-0.39, 0.29) is 18.0 Å². The number of hydrogen-bond acceptors (Lipinski definition) is 4. The summed E-state index contributed by atoms with van der Waals surface area (Å²) in [6.45, 7) is 8.67. The van der Waals surface area contributed by atoms with Gasteiger partial charge in [0.1, 0.15) is 5.60 Å². The van der Waals surface area contributed by atoms with Gasteiger partial charge in [-0.1, -0.05) is 48.5 Å². The van der Waals surface area contributed by atoms with Gasteiger partial charge in [-0.05, 0) is 38.5 Å². The average molecular weight is 410 g/mol. The van der Waals surface area contributed by atoms with E-state index in [0.717, 1.165) is 13.1 Å². The molecule has 1 saturated heterocycles. The van der Waals surface area contributed by atoms with Crippen LogP contribution in [0.2, 0.25) is 0 Å². The third-order valence-electron chi connectivity index (χ3n) is 5.02. The fourth-order valence-corrected chi connectivity index (χ4v) is 3.51. The zero-order valence-corrected chi connectivity index (χ0v) is 18.0. The minimum absolute atomic E-state index is 0.000799. The van der Waals surface area contributed by atoms with Crippen molar-refractivity contribution < 1.29 is 14.3 Å². The number of piperazine rings is 1. The molecule has 160 valence electrons. The summed E-state index contributed by atoms with van der Waals surface area (Å²) < 4.78 is 5.56. The normalized spacial score (nSPS) is 17.4. The molecule has 2 amide bonds. The molecule has 0 aliphatic carbocycles. The van der Waals surface area contributed by atoms with Crippen LogP contribution < -0.4 is 5.32 Å². The standard InChI is InChI=1S/C24H31N3O3/c1-24(2,3)30-23(29)27-15-14-26(17-19-10-6-4-7-11-19)21(18-27)16-25-22(28)20-12-8-5-9-13-20/h4-13,21H,14-18H2,1-3H3,(H,25,28)/t21-/m0/s1. The predicted molar refractivity (Wildman–Crippen MR) is 117 cm³/mol. The third kappa shape index (κ3) is 6.32. The Hall–Kier alpha value is -2.86. The van der Waals surface area contributed by atoms with E-state index in [1.807, 2.05) is 57.2 Å². The van der Waals surface area contributed by atoms with E-state index >= 15 is 0 Å². The molecule has 0 saturated carbocycles. The van der Waals surface area contributed by atoms with Crippen molar-refractivity contribution in [1.82, 2.24) is 15.1 Å². The minimum Gasteiger partial charge on any atom is -0.444 e. The Kier molecular flexibility index (Phi) is 7.11. The molecule has 6 heteroatoms. The number of carbonyl (C=O) groups excluding carboxylic acids is 2. The number of amides is 2. The van der Waals surface area contributed by atoms with Crippen molar-refractivity contribution in [2.45, 2.75) is 39.0 Å². The van der Waals surface area contributed by atoms with Crippen LogP contribution in [0.3, 0.4) is 0 Å². The van der Waals surface area contributed by atoms with E-state index in [9.17, 15) is 9.59 Å². The molecule has 1 aliphatic rings. The first-order chi connectivity index (χ1) is 14.3. The third-order valence-corrected chi connectivity index (χ3v) is 5.02. The molecular formula is C24H31N3O3. The van der Waals surface area contributed by atoms with Crippen LogP contribution >= 0.6 is 0 Å². The van der Waals surface area contributed by atoms with Crippen LogP contribution in [0.5, 0.6) is 0 Å². The number of nitrogens with zero attached hydrogens (tertiary/aromatic N) is 2. The SMILES string of the molecule is CC(C)(C)OC(=O)N1CCN(Cc2ccccc2)[C@@H](CNC(=O)c2ccccc2)C1. The summed E-state index contributed by atoms with van der Waals surface area (Å²) in [5, 5.41) is 3.03. The van der Waals surface area contributed by atoms with E-state index < -0.39 is 5.60 Å². The Morgan fingerprint density at radius 3 is 2.27 bits per heavy atom. The summed E-state index contributed by atoms with van der Waals surface area (Å²) in [6, 6.07) is 19.4. The second-order valence-corrected chi connectivity index (χ2v) is 8.61. The predicted octanol–water partition coefficient (Wildman–Crippen LogP) is 3.54. The van der Waals surface area contributed by atoms with Gasteiger partial charge in [0.15, 0.2) is 0 Å². The van der Waals surface area contributed by atoms with Gasteiger partial charge in [0.2, 0.25) is 0 Å². The Bertz CT molecular complexity index is 834. The maximum Gasteiger partial charge on any atom is 0.410 e. The number of rotatable bonds is 5. The summed E-state index contributed by atoms with van der Waals surface area (Å²) in [5.74, 6) is -0.107. The largest absolute Gasteiger partial charge is 0.444 e. The first kappa shape index (κ1) is 21.8. The molecule has 1 aliphatic heterocycles. The fraction of sp³-hybridized carbons (Fsp3) is 0.417. The topological polar surface area (TPSA) is 61.9 Å². The molecule has 0 aromatic heterocycles. The van der Waals surface area contributed by atoms with Crippen LogP contribution in [-0.2, 0) is 11.3 Å². The summed E-state index contributed by atoms with van der Waals surface area (Å²) in [5.41, 5.74) is 1.31. The molecule has 3 rings (SSSR count). The molecule has 0 unspecified atom stereocenters. The van der Waals surface area contributed by atoms with Crippen molar-refractivity contribution in [1.29, 1.82) is 0 Å². The molecule has 30 heavy (non-hydrogen) atoms. The molecule has 2 aromatic rings. The highest BCUT2D eigenvalue weighted by molar-refractivity contribution is 5.94. The first-order valence-corrected chi connectivity index (χ1v) is 10.4. The zero-order valence-electron chi connectivity index (χ0n) is 18.0. The second kappa shape index (κ2) is 9.76. The molecule has 0 radical (unpaired) electrons. The Labute approximate surface area is 178 Å². The molecule has 2 aromatic carbocycles. The molecule has 1 fully saturated rings. The minimum atomic E-state index is -0.532. The van der Waals surface area contributed by atoms with E-state index in [2.05, 4.69) is 22.3 Å².